The number of nitrogens with two attached hydrogens (primary N) is 1. The predicted molar refractivity (Wildman–Crippen MR) is 42.4 cm³/mol. The molecule has 0 spiro atoms. The van der Waals surface area contributed by atoms with Crippen molar-refractivity contribution in [1.29, 1.82) is 0 Å². The molecule has 0 bridgehead atoms. The Morgan fingerprint density at radius 3 is 3.00 bits per heavy atom. The molecule has 4 heteroatoms. The fourth-order valence-electron chi connectivity index (χ4n) is 1.11. The van der Waals surface area contributed by atoms with Gasteiger partial charge in [-0.1, -0.05) is 0 Å². The van der Waals surface area contributed by atoms with Gasteiger partial charge in [-0.2, -0.15) is 0 Å². The van der Waals surface area contributed by atoms with Crippen molar-refractivity contribution in [2.45, 2.75) is 0 Å². The van der Waals surface area contributed by atoms with Crippen molar-refractivity contribution < 1.29 is 14.3 Å². The van der Waals surface area contributed by atoms with Gasteiger partial charge in [-0.25, -0.2) is 0 Å². The molecule has 0 unspecified atom stereocenters. The van der Waals surface area contributed by atoms with Crippen LogP contribution in [0, 0.1) is 0 Å². The smallest absolute Gasteiger partial charge is 0.231 e. The minimum atomic E-state index is 0.168. The summed E-state index contributed by atoms with van der Waals surface area (Å²) < 4.78 is 10.1. The van der Waals surface area contributed by atoms with Crippen molar-refractivity contribution in [3.05, 3.63) is 17.7 Å². The van der Waals surface area contributed by atoms with Gasteiger partial charge in [0.15, 0.2) is 17.8 Å². The first-order valence-corrected chi connectivity index (χ1v) is 3.46. The predicted octanol–water partition coefficient (Wildman–Crippen LogP) is 0.810. The molecule has 0 aliphatic carbocycles. The second kappa shape index (κ2) is 2.41. The Kier molecular flexibility index (Phi) is 1.40. The maximum Gasteiger partial charge on any atom is 0.231 e. The number of nitrogen functional groups attached to an aromatic ring is 1. The lowest BCUT2D eigenvalue weighted by atomic mass is 10.2. The van der Waals surface area contributed by atoms with Gasteiger partial charge in [-0.3, -0.25) is 4.79 Å². The Labute approximate surface area is 68.9 Å². The Hall–Kier alpha value is -1.71. The van der Waals surface area contributed by atoms with Crippen LogP contribution in [0.3, 0.4) is 0 Å². The number of carbonyl (C=O) groups excluding carboxylic acids is 1. The third-order valence-corrected chi connectivity index (χ3v) is 1.74. The largest absolute Gasteiger partial charge is 0.454 e. The first kappa shape index (κ1) is 6.97. The van der Waals surface area contributed by atoms with Gasteiger partial charge in [0.1, 0.15) is 0 Å². The van der Waals surface area contributed by atoms with Gasteiger partial charge >= 0.3 is 0 Å². The number of ether oxygens (including phenoxy) is 2. The minimum absolute atomic E-state index is 0.168. The molecule has 1 aliphatic heterocycles. The van der Waals surface area contributed by atoms with E-state index in [1.165, 1.54) is 0 Å². The van der Waals surface area contributed by atoms with E-state index in [4.69, 9.17) is 15.2 Å². The van der Waals surface area contributed by atoms with E-state index < -0.39 is 0 Å². The zero-order valence-electron chi connectivity index (χ0n) is 6.24. The van der Waals surface area contributed by atoms with Crippen molar-refractivity contribution >= 4 is 12.0 Å². The lowest BCUT2D eigenvalue weighted by Crippen LogP contribution is -1.96. The van der Waals surface area contributed by atoms with Crippen molar-refractivity contribution in [3.8, 4) is 11.5 Å². The number of aldehydes is 1. The van der Waals surface area contributed by atoms with Gasteiger partial charge in [-0.05, 0) is 12.1 Å². The highest BCUT2D eigenvalue weighted by Crippen LogP contribution is 2.38. The summed E-state index contributed by atoms with van der Waals surface area (Å²) in [5.41, 5.74) is 6.39. The summed E-state index contributed by atoms with van der Waals surface area (Å²) in [4.78, 5) is 10.5. The van der Waals surface area contributed by atoms with Crippen LogP contribution in [0.25, 0.3) is 0 Å². The molecule has 62 valence electrons. The normalized spacial score (nSPS) is 13.0. The molecule has 0 amide bonds. The summed E-state index contributed by atoms with van der Waals surface area (Å²) in [6.07, 6.45) is 0.692. The SMILES string of the molecule is Nc1c(C=O)ccc2c1OCO2. The molecule has 0 atom stereocenters. The molecule has 0 aromatic heterocycles. The van der Waals surface area contributed by atoms with Crippen molar-refractivity contribution in [1.82, 2.24) is 0 Å². The molecule has 1 aliphatic rings. The lowest BCUT2D eigenvalue weighted by molar-refractivity contribution is 0.112. The van der Waals surface area contributed by atoms with E-state index in [0.29, 0.717) is 29.0 Å². The standard InChI is InChI=1S/C8H7NO3/c9-7-5(3-10)1-2-6-8(7)12-4-11-6/h1-3H,4,9H2. The Morgan fingerprint density at radius 1 is 1.42 bits per heavy atom. The molecule has 2 rings (SSSR count). The second-order valence-corrected chi connectivity index (χ2v) is 2.42. The van der Waals surface area contributed by atoms with E-state index in [9.17, 15) is 4.79 Å². The number of carbonyl (C=O) groups is 1. The summed E-state index contributed by atoms with van der Waals surface area (Å²) in [7, 11) is 0. The van der Waals surface area contributed by atoms with Crippen LogP contribution in [0.15, 0.2) is 12.1 Å². The number of hydrogen-bond donors (Lipinski definition) is 1. The summed E-state index contributed by atoms with van der Waals surface area (Å²) in [5, 5.41) is 0. The Balaban J connectivity index is 2.61. The van der Waals surface area contributed by atoms with E-state index in [1.54, 1.807) is 12.1 Å². The maximum absolute atomic E-state index is 10.5. The zero-order valence-corrected chi connectivity index (χ0v) is 6.24. The molecule has 0 radical (unpaired) electrons. The van der Waals surface area contributed by atoms with Crippen LogP contribution in [0.5, 0.6) is 11.5 Å². The minimum Gasteiger partial charge on any atom is -0.454 e. The molecule has 2 N–H and O–H groups in total. The number of hydrogen-bond acceptors (Lipinski definition) is 4. The molecule has 0 saturated heterocycles. The number of benzene rings is 1. The fraction of sp³-hybridized carbons (Fsp3) is 0.125. The molecule has 0 saturated carbocycles. The molecule has 1 heterocycles. The van der Waals surface area contributed by atoms with E-state index in [-0.39, 0.29) is 6.79 Å². The molecular weight excluding hydrogens is 158 g/mol. The van der Waals surface area contributed by atoms with Crippen LogP contribution >= 0.6 is 0 Å². The summed E-state index contributed by atoms with van der Waals surface area (Å²) in [6, 6.07) is 3.28. The van der Waals surface area contributed by atoms with Gasteiger partial charge in [0, 0.05) is 5.56 Å². The van der Waals surface area contributed by atoms with Crippen molar-refractivity contribution in [2.24, 2.45) is 0 Å². The first-order chi connectivity index (χ1) is 5.83. The van der Waals surface area contributed by atoms with Crippen LogP contribution in [0.1, 0.15) is 10.4 Å². The number of anilines is 1. The average molecular weight is 165 g/mol. The third-order valence-electron chi connectivity index (χ3n) is 1.74. The molecule has 4 nitrogen and oxygen atoms in total. The average Bonchev–Trinajstić information content (AvgIpc) is 2.53. The highest BCUT2D eigenvalue weighted by atomic mass is 16.7. The third kappa shape index (κ3) is 0.812. The van der Waals surface area contributed by atoms with Crippen LogP contribution in [-0.2, 0) is 0 Å². The lowest BCUT2D eigenvalue weighted by Gasteiger charge is -2.01. The van der Waals surface area contributed by atoms with Gasteiger partial charge in [-0.15, -0.1) is 0 Å². The molecule has 0 fully saturated rings. The zero-order chi connectivity index (χ0) is 8.55. The Morgan fingerprint density at radius 2 is 2.25 bits per heavy atom. The molecule has 12 heavy (non-hydrogen) atoms. The molecule has 1 aromatic carbocycles. The monoisotopic (exact) mass is 165 g/mol. The van der Waals surface area contributed by atoms with Gasteiger partial charge in [0.05, 0.1) is 5.69 Å². The van der Waals surface area contributed by atoms with Crippen molar-refractivity contribution in [3.63, 3.8) is 0 Å². The summed E-state index contributed by atoms with van der Waals surface area (Å²) >= 11 is 0. The van der Waals surface area contributed by atoms with Gasteiger partial charge in [0.25, 0.3) is 0 Å². The van der Waals surface area contributed by atoms with E-state index in [2.05, 4.69) is 0 Å². The van der Waals surface area contributed by atoms with E-state index in [0.717, 1.165) is 0 Å². The van der Waals surface area contributed by atoms with Crippen LogP contribution in [-0.4, -0.2) is 13.1 Å². The molecular formula is C8H7NO3. The highest BCUT2D eigenvalue weighted by molar-refractivity contribution is 5.87. The quantitative estimate of drug-likeness (QED) is 0.494. The number of fused-ring (bicyclic) bond motifs is 1. The number of rotatable bonds is 1. The summed E-state index contributed by atoms with van der Waals surface area (Å²) in [6.45, 7) is 0.168. The Bertz CT molecular complexity index is 335. The first-order valence-electron chi connectivity index (χ1n) is 3.46. The van der Waals surface area contributed by atoms with Crippen molar-refractivity contribution in [2.75, 3.05) is 12.5 Å². The van der Waals surface area contributed by atoms with E-state index in [1.807, 2.05) is 0 Å². The highest BCUT2D eigenvalue weighted by Gasteiger charge is 2.18. The second-order valence-electron chi connectivity index (χ2n) is 2.42. The maximum atomic E-state index is 10.5. The topological polar surface area (TPSA) is 61.6 Å². The van der Waals surface area contributed by atoms with Gasteiger partial charge < -0.3 is 15.2 Å². The summed E-state index contributed by atoms with van der Waals surface area (Å²) in [5.74, 6) is 1.07. The fourth-order valence-corrected chi connectivity index (χ4v) is 1.11. The van der Waals surface area contributed by atoms with Crippen LogP contribution in [0.4, 0.5) is 5.69 Å². The van der Waals surface area contributed by atoms with Gasteiger partial charge in [0.2, 0.25) is 6.79 Å². The van der Waals surface area contributed by atoms with Crippen LogP contribution < -0.4 is 15.2 Å². The van der Waals surface area contributed by atoms with Crippen LogP contribution in [0.2, 0.25) is 0 Å². The molecule has 1 aromatic rings. The van der Waals surface area contributed by atoms with E-state index >= 15 is 0 Å².